The number of fused-ring (bicyclic) bond motifs is 1. The van der Waals surface area contributed by atoms with Gasteiger partial charge in [-0.1, -0.05) is 19.4 Å². The van der Waals surface area contributed by atoms with Crippen molar-refractivity contribution < 1.29 is 9.84 Å². The highest BCUT2D eigenvalue weighted by Gasteiger charge is 2.56. The summed E-state index contributed by atoms with van der Waals surface area (Å²) in [7, 11) is 0. The average Bonchev–Trinajstić information content (AvgIpc) is 2.37. The molecule has 0 spiro atoms. The molecule has 3 atom stereocenters. The summed E-state index contributed by atoms with van der Waals surface area (Å²) < 4.78 is 5.64. The Morgan fingerprint density at radius 2 is 2.15 bits per heavy atom. The molecule has 2 aliphatic rings. The molecular formula is C11H18O2. The molecule has 1 heterocycles. The van der Waals surface area contributed by atoms with Gasteiger partial charge in [-0.15, -0.1) is 6.58 Å². The monoisotopic (exact) mass is 182 g/mol. The first-order chi connectivity index (χ1) is 6.10. The van der Waals surface area contributed by atoms with E-state index in [4.69, 9.17) is 4.74 Å². The molecule has 0 amide bonds. The fourth-order valence-electron chi connectivity index (χ4n) is 2.71. The fraction of sp³-hybridized carbons (Fsp3) is 0.818. The molecule has 1 saturated heterocycles. The maximum atomic E-state index is 10.3. The molecule has 13 heavy (non-hydrogen) atoms. The summed E-state index contributed by atoms with van der Waals surface area (Å²) in [5, 5.41) is 10.3. The molecule has 0 aromatic rings. The van der Waals surface area contributed by atoms with Crippen LogP contribution in [0, 0.1) is 5.41 Å². The van der Waals surface area contributed by atoms with Crippen LogP contribution < -0.4 is 0 Å². The maximum Gasteiger partial charge on any atom is 0.171 e. The van der Waals surface area contributed by atoms with Crippen molar-refractivity contribution in [2.24, 2.45) is 5.41 Å². The summed E-state index contributed by atoms with van der Waals surface area (Å²) in [6.07, 6.45) is 6.94. The summed E-state index contributed by atoms with van der Waals surface area (Å²) in [6, 6.07) is 0. The fourth-order valence-corrected chi connectivity index (χ4v) is 2.71. The minimum atomic E-state index is -0.871. The average molecular weight is 182 g/mol. The first-order valence-electron chi connectivity index (χ1n) is 5.12. The lowest BCUT2D eigenvalue weighted by molar-refractivity contribution is -0.246. The lowest BCUT2D eigenvalue weighted by Crippen LogP contribution is -2.45. The van der Waals surface area contributed by atoms with E-state index in [1.165, 1.54) is 6.42 Å². The van der Waals surface area contributed by atoms with E-state index in [2.05, 4.69) is 13.5 Å². The Labute approximate surface area is 79.6 Å². The molecule has 0 radical (unpaired) electrons. The Morgan fingerprint density at radius 1 is 1.46 bits per heavy atom. The van der Waals surface area contributed by atoms with Crippen molar-refractivity contribution in [3.8, 4) is 0 Å². The second-order valence-corrected chi connectivity index (χ2v) is 4.65. The zero-order valence-corrected chi connectivity index (χ0v) is 8.25. The maximum absolute atomic E-state index is 10.3. The molecular weight excluding hydrogens is 164 g/mol. The minimum absolute atomic E-state index is 0.0376. The van der Waals surface area contributed by atoms with Crippen LogP contribution in [-0.4, -0.2) is 17.0 Å². The van der Waals surface area contributed by atoms with Crippen LogP contribution in [-0.2, 0) is 4.74 Å². The van der Waals surface area contributed by atoms with Crippen LogP contribution in [0.3, 0.4) is 0 Å². The van der Waals surface area contributed by atoms with Crippen molar-refractivity contribution in [2.45, 2.75) is 50.9 Å². The summed E-state index contributed by atoms with van der Waals surface area (Å²) in [5.74, 6) is -0.871. The van der Waals surface area contributed by atoms with E-state index < -0.39 is 5.79 Å². The lowest BCUT2D eigenvalue weighted by Gasteiger charge is -2.41. The Hall–Kier alpha value is -0.340. The van der Waals surface area contributed by atoms with E-state index in [0.717, 1.165) is 25.7 Å². The first-order valence-corrected chi connectivity index (χ1v) is 5.12. The van der Waals surface area contributed by atoms with E-state index in [1.54, 1.807) is 0 Å². The standard InChI is InChI=1S/C11H18O2/c1-3-9-8-10(2)6-4-5-7-11(10,12)13-9/h3,9,12H,1,4-8H2,2H3/t9-,10+,11+/m1/s1. The van der Waals surface area contributed by atoms with Gasteiger partial charge in [-0.05, 0) is 19.3 Å². The highest BCUT2D eigenvalue weighted by molar-refractivity contribution is 5.03. The topological polar surface area (TPSA) is 29.5 Å². The zero-order chi connectivity index (χ0) is 9.53. The second kappa shape index (κ2) is 2.82. The summed E-state index contributed by atoms with van der Waals surface area (Å²) in [5.41, 5.74) is -0.0376. The highest BCUT2D eigenvalue weighted by atomic mass is 16.6. The van der Waals surface area contributed by atoms with Gasteiger partial charge in [0, 0.05) is 11.8 Å². The molecule has 0 bridgehead atoms. The third-order valence-electron chi connectivity index (χ3n) is 3.70. The van der Waals surface area contributed by atoms with Crippen LogP contribution in [0.15, 0.2) is 12.7 Å². The molecule has 74 valence electrons. The van der Waals surface area contributed by atoms with E-state index in [0.29, 0.717) is 0 Å². The molecule has 2 heteroatoms. The van der Waals surface area contributed by atoms with E-state index >= 15 is 0 Å². The predicted molar refractivity (Wildman–Crippen MR) is 51.2 cm³/mol. The van der Waals surface area contributed by atoms with Gasteiger partial charge in [0.15, 0.2) is 5.79 Å². The Balaban J connectivity index is 2.23. The van der Waals surface area contributed by atoms with Crippen molar-refractivity contribution in [2.75, 3.05) is 0 Å². The summed E-state index contributed by atoms with van der Waals surface area (Å²) in [6.45, 7) is 5.86. The second-order valence-electron chi connectivity index (χ2n) is 4.65. The van der Waals surface area contributed by atoms with Crippen LogP contribution >= 0.6 is 0 Å². The predicted octanol–water partition coefficient (Wildman–Crippen LogP) is 2.23. The molecule has 2 nitrogen and oxygen atoms in total. The molecule has 2 rings (SSSR count). The number of hydrogen-bond acceptors (Lipinski definition) is 2. The molecule has 0 aromatic heterocycles. The highest BCUT2D eigenvalue weighted by Crippen LogP contribution is 2.53. The van der Waals surface area contributed by atoms with Crippen molar-refractivity contribution in [3.05, 3.63) is 12.7 Å². The normalized spacial score (nSPS) is 50.2. The van der Waals surface area contributed by atoms with E-state index in [1.807, 2.05) is 6.08 Å². The van der Waals surface area contributed by atoms with Crippen molar-refractivity contribution in [1.82, 2.24) is 0 Å². The van der Waals surface area contributed by atoms with Crippen LogP contribution in [0.4, 0.5) is 0 Å². The molecule has 0 unspecified atom stereocenters. The van der Waals surface area contributed by atoms with E-state index in [-0.39, 0.29) is 11.5 Å². The zero-order valence-electron chi connectivity index (χ0n) is 8.25. The molecule has 0 aromatic carbocycles. The van der Waals surface area contributed by atoms with Gasteiger partial charge in [0.1, 0.15) is 0 Å². The largest absolute Gasteiger partial charge is 0.365 e. The van der Waals surface area contributed by atoms with Crippen molar-refractivity contribution >= 4 is 0 Å². The molecule has 1 saturated carbocycles. The van der Waals surface area contributed by atoms with E-state index in [9.17, 15) is 5.11 Å². The number of aliphatic hydroxyl groups is 1. The molecule has 1 N–H and O–H groups in total. The Bertz CT molecular complexity index is 206. The van der Waals surface area contributed by atoms with Gasteiger partial charge in [-0.3, -0.25) is 0 Å². The van der Waals surface area contributed by atoms with Gasteiger partial charge >= 0.3 is 0 Å². The minimum Gasteiger partial charge on any atom is -0.365 e. The lowest BCUT2D eigenvalue weighted by atomic mass is 9.70. The van der Waals surface area contributed by atoms with Crippen LogP contribution in [0.1, 0.15) is 39.0 Å². The van der Waals surface area contributed by atoms with Crippen LogP contribution in [0.25, 0.3) is 0 Å². The smallest absolute Gasteiger partial charge is 0.171 e. The van der Waals surface area contributed by atoms with Gasteiger partial charge in [0.2, 0.25) is 0 Å². The molecule has 1 aliphatic heterocycles. The number of rotatable bonds is 1. The number of ether oxygens (including phenoxy) is 1. The van der Waals surface area contributed by atoms with Crippen molar-refractivity contribution in [1.29, 1.82) is 0 Å². The quantitative estimate of drug-likeness (QED) is 0.630. The third kappa shape index (κ3) is 1.24. The van der Waals surface area contributed by atoms with Gasteiger partial charge in [-0.2, -0.15) is 0 Å². The summed E-state index contributed by atoms with van der Waals surface area (Å²) in [4.78, 5) is 0. The van der Waals surface area contributed by atoms with Gasteiger partial charge in [-0.25, -0.2) is 0 Å². The molecule has 1 aliphatic carbocycles. The van der Waals surface area contributed by atoms with Gasteiger partial charge in [0.25, 0.3) is 0 Å². The Kier molecular flexibility index (Phi) is 2.00. The van der Waals surface area contributed by atoms with Crippen molar-refractivity contribution in [3.63, 3.8) is 0 Å². The first kappa shape index (κ1) is 9.22. The van der Waals surface area contributed by atoms with Gasteiger partial charge < -0.3 is 9.84 Å². The Morgan fingerprint density at radius 3 is 2.77 bits per heavy atom. The van der Waals surface area contributed by atoms with Crippen LogP contribution in [0.5, 0.6) is 0 Å². The summed E-state index contributed by atoms with van der Waals surface area (Å²) >= 11 is 0. The SMILES string of the molecule is C=C[C@@H]1C[C@]2(C)CCCC[C@]2(O)O1. The van der Waals surface area contributed by atoms with Crippen LogP contribution in [0.2, 0.25) is 0 Å². The number of hydrogen-bond donors (Lipinski definition) is 1. The van der Waals surface area contributed by atoms with Gasteiger partial charge in [0.05, 0.1) is 6.10 Å². The third-order valence-corrected chi connectivity index (χ3v) is 3.70. The molecule has 2 fully saturated rings.